The number of ketones is 1. The predicted molar refractivity (Wildman–Crippen MR) is 192 cm³/mol. The number of hydrogen-bond donors (Lipinski definition) is 4. The third-order valence-electron chi connectivity index (χ3n) is 10.8. The van der Waals surface area contributed by atoms with Crippen molar-refractivity contribution < 1.29 is 28.8 Å². The first-order chi connectivity index (χ1) is 24.2. The predicted octanol–water partition coefficient (Wildman–Crippen LogP) is 3.11. The highest BCUT2D eigenvalue weighted by molar-refractivity contribution is 6.38. The lowest BCUT2D eigenvalue weighted by Gasteiger charge is -2.38. The summed E-state index contributed by atoms with van der Waals surface area (Å²) in [5.41, 5.74) is -0.672. The van der Waals surface area contributed by atoms with Crippen LogP contribution in [0.1, 0.15) is 109 Å². The van der Waals surface area contributed by atoms with E-state index < -0.39 is 64.9 Å². The van der Waals surface area contributed by atoms with Gasteiger partial charge in [0.2, 0.25) is 23.5 Å². The Labute approximate surface area is 302 Å². The van der Waals surface area contributed by atoms with Crippen molar-refractivity contribution in [2.24, 2.45) is 29.1 Å². The van der Waals surface area contributed by atoms with Gasteiger partial charge in [-0.1, -0.05) is 79.2 Å². The fourth-order valence-corrected chi connectivity index (χ4v) is 7.60. The summed E-state index contributed by atoms with van der Waals surface area (Å²) in [4.78, 5) is 91.8. The first kappa shape index (κ1) is 39.6. The number of Topliss-reactive ketones (excluding diaryl/α,β-unsaturated/α-hetero) is 1. The van der Waals surface area contributed by atoms with E-state index in [1.807, 2.05) is 34.6 Å². The molecule has 0 spiro atoms. The summed E-state index contributed by atoms with van der Waals surface area (Å²) in [6.07, 6.45) is 13.9. The van der Waals surface area contributed by atoms with Crippen LogP contribution in [0, 0.1) is 29.1 Å². The molecule has 0 bridgehead atoms. The van der Waals surface area contributed by atoms with Crippen molar-refractivity contribution in [2.75, 3.05) is 13.1 Å². The van der Waals surface area contributed by atoms with Crippen LogP contribution in [0.2, 0.25) is 0 Å². The fraction of sp³-hybridized carbons (Fsp3) is 0.684. The molecule has 13 nitrogen and oxygen atoms in total. The van der Waals surface area contributed by atoms with Crippen molar-refractivity contribution in [2.45, 2.75) is 123 Å². The summed E-state index contributed by atoms with van der Waals surface area (Å²) in [6.45, 7) is 13.5. The van der Waals surface area contributed by atoms with Crippen LogP contribution < -0.4 is 21.3 Å². The van der Waals surface area contributed by atoms with Crippen molar-refractivity contribution in [3.63, 3.8) is 0 Å². The summed E-state index contributed by atoms with van der Waals surface area (Å²) >= 11 is 0. The largest absolute Gasteiger partial charge is 0.346 e. The average molecular weight is 708 g/mol. The molecule has 1 aliphatic heterocycles. The van der Waals surface area contributed by atoms with Gasteiger partial charge in [0.1, 0.15) is 23.8 Å². The van der Waals surface area contributed by atoms with Crippen LogP contribution in [-0.4, -0.2) is 87.4 Å². The lowest BCUT2D eigenvalue weighted by molar-refractivity contribution is -0.146. The van der Waals surface area contributed by atoms with Gasteiger partial charge in [0.15, 0.2) is 0 Å². The maximum atomic E-state index is 14.6. The second-order valence-corrected chi connectivity index (χ2v) is 15.9. The molecule has 280 valence electrons. The van der Waals surface area contributed by atoms with Gasteiger partial charge in [0, 0.05) is 25.5 Å². The molecule has 5 amide bonds. The van der Waals surface area contributed by atoms with E-state index >= 15 is 0 Å². The first-order valence-corrected chi connectivity index (χ1v) is 18.6. The highest BCUT2D eigenvalue weighted by Gasteiger charge is 2.48. The monoisotopic (exact) mass is 707 g/mol. The smallest absolute Gasteiger partial charge is 0.289 e. The van der Waals surface area contributed by atoms with Gasteiger partial charge >= 0.3 is 0 Å². The van der Waals surface area contributed by atoms with Crippen LogP contribution in [0.3, 0.4) is 0 Å². The molecule has 2 aliphatic carbocycles. The highest BCUT2D eigenvalue weighted by Crippen LogP contribution is 2.35. The number of aromatic nitrogens is 2. The molecule has 0 radical (unpaired) electrons. The molecule has 13 heteroatoms. The minimum absolute atomic E-state index is 0.0323. The molecular formula is C38H57N7O6. The molecule has 51 heavy (non-hydrogen) atoms. The first-order valence-electron chi connectivity index (χ1n) is 18.6. The fourth-order valence-electron chi connectivity index (χ4n) is 7.60. The van der Waals surface area contributed by atoms with Crippen molar-refractivity contribution in [1.82, 2.24) is 36.1 Å². The molecule has 1 aromatic heterocycles. The Morgan fingerprint density at radius 1 is 0.941 bits per heavy atom. The van der Waals surface area contributed by atoms with E-state index in [1.165, 1.54) is 29.6 Å². The summed E-state index contributed by atoms with van der Waals surface area (Å²) in [6, 6.07) is -3.85. The molecular weight excluding hydrogens is 650 g/mol. The van der Waals surface area contributed by atoms with Gasteiger partial charge in [0.05, 0.1) is 12.2 Å². The van der Waals surface area contributed by atoms with E-state index in [1.54, 1.807) is 0 Å². The summed E-state index contributed by atoms with van der Waals surface area (Å²) in [5, 5.41) is 11.3. The Kier molecular flexibility index (Phi) is 13.9. The van der Waals surface area contributed by atoms with Gasteiger partial charge < -0.3 is 26.2 Å². The molecule has 1 saturated heterocycles. The number of carbonyl (C=O) groups excluding carboxylic acids is 6. The van der Waals surface area contributed by atoms with Crippen LogP contribution in [0.5, 0.6) is 0 Å². The van der Waals surface area contributed by atoms with E-state index in [2.05, 4.69) is 37.8 Å². The van der Waals surface area contributed by atoms with E-state index in [-0.39, 0.29) is 35.9 Å². The lowest BCUT2D eigenvalue weighted by atomic mass is 9.80. The maximum absolute atomic E-state index is 14.6. The Hall–Kier alpha value is -4.16. The van der Waals surface area contributed by atoms with Crippen LogP contribution >= 0.6 is 0 Å². The molecule has 4 N–H and O–H groups in total. The number of hydrogen-bond acceptors (Lipinski definition) is 8. The van der Waals surface area contributed by atoms with Crippen LogP contribution in [0.15, 0.2) is 31.2 Å². The number of amides is 5. The average Bonchev–Trinajstić information content (AvgIpc) is 3.55. The second-order valence-electron chi connectivity index (χ2n) is 15.9. The second kappa shape index (κ2) is 17.9. The minimum Gasteiger partial charge on any atom is -0.346 e. The van der Waals surface area contributed by atoms with E-state index in [0.29, 0.717) is 19.4 Å². The molecule has 3 aliphatic rings. The Balaban J connectivity index is 1.58. The van der Waals surface area contributed by atoms with Crippen molar-refractivity contribution in [3.8, 4) is 0 Å². The number of nitrogens with one attached hydrogen (secondary N) is 4. The topological polar surface area (TPSA) is 180 Å². The normalized spacial score (nSPS) is 21.5. The van der Waals surface area contributed by atoms with Crippen LogP contribution in [0.25, 0.3) is 0 Å². The van der Waals surface area contributed by atoms with Crippen LogP contribution in [-0.2, 0) is 24.0 Å². The van der Waals surface area contributed by atoms with Crippen molar-refractivity contribution >= 4 is 35.3 Å². The molecule has 2 saturated carbocycles. The van der Waals surface area contributed by atoms with E-state index in [9.17, 15) is 28.8 Å². The van der Waals surface area contributed by atoms with E-state index in [0.717, 1.165) is 51.4 Å². The van der Waals surface area contributed by atoms with Gasteiger partial charge in [-0.05, 0) is 54.8 Å². The maximum Gasteiger partial charge on any atom is 0.289 e. The molecule has 5 atom stereocenters. The third kappa shape index (κ3) is 10.2. The molecule has 2 heterocycles. The Morgan fingerprint density at radius 2 is 1.65 bits per heavy atom. The third-order valence-corrected chi connectivity index (χ3v) is 10.8. The molecule has 1 unspecified atom stereocenters. The zero-order valence-electron chi connectivity index (χ0n) is 30.9. The standard InChI is InChI=1S/C38H57N7O6/c1-7-17-41-36(50)31(46)27(21-24-12-11-13-24)42-35(49)30-26(23(2)3)16-20-45(30)37(51)32(38(4,5)6)44-34(48)29(25-14-9-8-10-15-25)43-33(47)28-22-39-18-19-40-28/h7,18-19,22-27,29-30,32H,1,8-17,20-21H2,2-6H3,(H,41,50)(H,42,49)(H,43,47)(H,44,48)/t26-,27?,29+,30+,32-/m1/s1. The molecule has 4 rings (SSSR count). The number of likely N-dealkylation sites (tertiary alicyclic amines) is 1. The summed E-state index contributed by atoms with van der Waals surface area (Å²) < 4.78 is 0. The van der Waals surface area contributed by atoms with Gasteiger partial charge in [0.25, 0.3) is 11.8 Å². The molecule has 0 aromatic carbocycles. The van der Waals surface area contributed by atoms with Gasteiger partial charge in [-0.3, -0.25) is 33.8 Å². The summed E-state index contributed by atoms with van der Waals surface area (Å²) in [5.74, 6) is -3.46. The van der Waals surface area contributed by atoms with Gasteiger partial charge in [-0.25, -0.2) is 4.98 Å². The van der Waals surface area contributed by atoms with Gasteiger partial charge in [-0.2, -0.15) is 0 Å². The van der Waals surface area contributed by atoms with E-state index in [4.69, 9.17) is 0 Å². The van der Waals surface area contributed by atoms with Crippen LogP contribution in [0.4, 0.5) is 0 Å². The Morgan fingerprint density at radius 3 is 2.22 bits per heavy atom. The zero-order chi connectivity index (χ0) is 37.3. The number of rotatable bonds is 15. The number of carbonyl (C=O) groups is 6. The van der Waals surface area contributed by atoms with Crippen molar-refractivity contribution in [3.05, 3.63) is 36.9 Å². The number of nitrogens with zero attached hydrogens (tertiary/aromatic N) is 3. The summed E-state index contributed by atoms with van der Waals surface area (Å²) in [7, 11) is 0. The SMILES string of the molecule is C=CCNC(=O)C(=O)C(CC1CCC1)NC(=O)[C@@H]1[C@@H](C(C)C)CCN1C(=O)[C@@H](NC(=O)[C@@H](NC(=O)c1cnccn1)C1CCCCC1)C(C)(C)C. The quantitative estimate of drug-likeness (QED) is 0.159. The minimum atomic E-state index is -1.03. The highest BCUT2D eigenvalue weighted by atomic mass is 16.2. The zero-order valence-corrected chi connectivity index (χ0v) is 30.9. The molecule has 3 fully saturated rings. The Bertz CT molecular complexity index is 1420. The lowest BCUT2D eigenvalue weighted by Crippen LogP contribution is -2.62. The molecule has 1 aromatic rings. The van der Waals surface area contributed by atoms with Crippen molar-refractivity contribution in [1.29, 1.82) is 0 Å². The van der Waals surface area contributed by atoms with Gasteiger partial charge in [-0.15, -0.1) is 6.58 Å².